The molecule has 7 heteroatoms. The highest BCUT2D eigenvalue weighted by Crippen LogP contribution is 2.30. The van der Waals surface area contributed by atoms with Crippen LogP contribution in [0.3, 0.4) is 0 Å². The fraction of sp³-hybridized carbons (Fsp3) is 0.471. The summed E-state index contributed by atoms with van der Waals surface area (Å²) in [5, 5.41) is 2.77. The SMILES string of the molecule is CC(=O)N1CC(C(=O)N2CCNC(=O)C2c2ccc(F)cc2C)C1. The second-order valence-electron chi connectivity index (χ2n) is 6.35. The van der Waals surface area contributed by atoms with Gasteiger partial charge in [0.2, 0.25) is 17.7 Å². The maximum atomic E-state index is 13.4. The summed E-state index contributed by atoms with van der Waals surface area (Å²) in [4.78, 5) is 39.6. The van der Waals surface area contributed by atoms with Crippen molar-refractivity contribution >= 4 is 17.7 Å². The Balaban J connectivity index is 1.84. The molecule has 0 bridgehead atoms. The Kier molecular flexibility index (Phi) is 4.26. The molecule has 2 aliphatic rings. The molecule has 2 heterocycles. The average Bonchev–Trinajstić information content (AvgIpc) is 2.45. The number of piperazine rings is 1. The van der Waals surface area contributed by atoms with Crippen LogP contribution in [0, 0.1) is 18.7 Å². The van der Waals surface area contributed by atoms with E-state index in [0.717, 1.165) is 0 Å². The van der Waals surface area contributed by atoms with Gasteiger partial charge in [0.25, 0.3) is 0 Å². The Hall–Kier alpha value is -2.44. The molecule has 2 aliphatic heterocycles. The van der Waals surface area contributed by atoms with Gasteiger partial charge in [-0.15, -0.1) is 0 Å². The lowest BCUT2D eigenvalue weighted by Gasteiger charge is -2.43. The van der Waals surface area contributed by atoms with E-state index in [2.05, 4.69) is 5.32 Å². The minimum atomic E-state index is -0.752. The standard InChI is InChI=1S/C17H20FN3O3/c1-10-7-13(18)3-4-14(10)15-16(23)19-5-6-21(15)17(24)12-8-20(9-12)11(2)22/h3-4,7,12,15H,5-6,8-9H2,1-2H3,(H,19,23). The Morgan fingerprint density at radius 2 is 2.00 bits per heavy atom. The maximum absolute atomic E-state index is 13.4. The summed E-state index contributed by atoms with van der Waals surface area (Å²) in [6, 6.07) is 3.47. The fourth-order valence-corrected chi connectivity index (χ4v) is 3.29. The molecule has 24 heavy (non-hydrogen) atoms. The summed E-state index contributed by atoms with van der Waals surface area (Å²) in [7, 11) is 0. The molecule has 3 rings (SSSR count). The zero-order chi connectivity index (χ0) is 17.4. The van der Waals surface area contributed by atoms with E-state index < -0.39 is 6.04 Å². The summed E-state index contributed by atoms with van der Waals surface area (Å²) in [6.07, 6.45) is 0. The summed E-state index contributed by atoms with van der Waals surface area (Å²) in [5.41, 5.74) is 1.26. The Bertz CT molecular complexity index is 700. The fourth-order valence-electron chi connectivity index (χ4n) is 3.29. The Labute approximate surface area is 139 Å². The molecule has 0 radical (unpaired) electrons. The van der Waals surface area contributed by atoms with Crippen molar-refractivity contribution in [2.75, 3.05) is 26.2 Å². The van der Waals surface area contributed by atoms with Gasteiger partial charge in [-0.2, -0.15) is 0 Å². The number of amides is 3. The first kappa shape index (κ1) is 16.4. The van der Waals surface area contributed by atoms with E-state index in [1.54, 1.807) is 22.8 Å². The Morgan fingerprint density at radius 1 is 1.29 bits per heavy atom. The first-order chi connectivity index (χ1) is 11.4. The summed E-state index contributed by atoms with van der Waals surface area (Å²) in [5.74, 6) is -1.09. The van der Waals surface area contributed by atoms with Gasteiger partial charge < -0.3 is 15.1 Å². The van der Waals surface area contributed by atoms with Gasteiger partial charge in [0.15, 0.2) is 0 Å². The molecular weight excluding hydrogens is 313 g/mol. The quantitative estimate of drug-likeness (QED) is 0.862. The van der Waals surface area contributed by atoms with Crippen LogP contribution in [0.5, 0.6) is 0 Å². The van der Waals surface area contributed by atoms with E-state index >= 15 is 0 Å². The van der Waals surface area contributed by atoms with E-state index in [-0.39, 0.29) is 29.5 Å². The number of carbonyl (C=O) groups excluding carboxylic acids is 3. The van der Waals surface area contributed by atoms with Crippen LogP contribution >= 0.6 is 0 Å². The number of hydrogen-bond acceptors (Lipinski definition) is 3. The second kappa shape index (κ2) is 6.22. The van der Waals surface area contributed by atoms with Gasteiger partial charge in [-0.25, -0.2) is 4.39 Å². The van der Waals surface area contributed by atoms with Crippen molar-refractivity contribution < 1.29 is 18.8 Å². The molecule has 0 aromatic heterocycles. The van der Waals surface area contributed by atoms with Gasteiger partial charge in [0, 0.05) is 33.1 Å². The van der Waals surface area contributed by atoms with Crippen LogP contribution in [0.4, 0.5) is 4.39 Å². The zero-order valence-corrected chi connectivity index (χ0v) is 13.7. The van der Waals surface area contributed by atoms with E-state index in [4.69, 9.17) is 0 Å². The number of nitrogens with zero attached hydrogens (tertiary/aromatic N) is 2. The van der Waals surface area contributed by atoms with Gasteiger partial charge in [0.1, 0.15) is 11.9 Å². The van der Waals surface area contributed by atoms with Gasteiger partial charge >= 0.3 is 0 Å². The summed E-state index contributed by atoms with van der Waals surface area (Å²) < 4.78 is 13.4. The monoisotopic (exact) mass is 333 g/mol. The number of likely N-dealkylation sites (tertiary alicyclic amines) is 1. The lowest BCUT2D eigenvalue weighted by molar-refractivity contribution is -0.154. The number of carbonyl (C=O) groups is 3. The molecule has 2 saturated heterocycles. The molecule has 6 nitrogen and oxygen atoms in total. The molecule has 2 fully saturated rings. The number of rotatable bonds is 2. The lowest BCUT2D eigenvalue weighted by Crippen LogP contribution is -2.60. The summed E-state index contributed by atoms with van der Waals surface area (Å²) >= 11 is 0. The molecule has 1 aromatic carbocycles. The van der Waals surface area contributed by atoms with Crippen molar-refractivity contribution in [2.45, 2.75) is 19.9 Å². The first-order valence-corrected chi connectivity index (χ1v) is 7.98. The van der Waals surface area contributed by atoms with Crippen LogP contribution in [0.1, 0.15) is 24.1 Å². The second-order valence-corrected chi connectivity index (χ2v) is 6.35. The molecule has 1 atom stereocenters. The van der Waals surface area contributed by atoms with E-state index in [1.165, 1.54) is 19.1 Å². The van der Waals surface area contributed by atoms with Gasteiger partial charge in [-0.1, -0.05) is 6.07 Å². The van der Waals surface area contributed by atoms with Crippen molar-refractivity contribution in [1.82, 2.24) is 15.1 Å². The first-order valence-electron chi connectivity index (χ1n) is 7.98. The van der Waals surface area contributed by atoms with Gasteiger partial charge in [-0.05, 0) is 30.2 Å². The van der Waals surface area contributed by atoms with Crippen LogP contribution < -0.4 is 5.32 Å². The summed E-state index contributed by atoms with van der Waals surface area (Å²) in [6.45, 7) is 4.78. The molecule has 1 N–H and O–H groups in total. The molecule has 0 spiro atoms. The van der Waals surface area contributed by atoms with Crippen LogP contribution in [-0.2, 0) is 14.4 Å². The van der Waals surface area contributed by atoms with Gasteiger partial charge in [0.05, 0.1) is 5.92 Å². The maximum Gasteiger partial charge on any atom is 0.247 e. The molecule has 3 amide bonds. The smallest absolute Gasteiger partial charge is 0.247 e. The van der Waals surface area contributed by atoms with Crippen molar-refractivity contribution in [3.05, 3.63) is 35.1 Å². The largest absolute Gasteiger partial charge is 0.352 e. The van der Waals surface area contributed by atoms with Crippen molar-refractivity contribution in [1.29, 1.82) is 0 Å². The third-order valence-electron chi connectivity index (χ3n) is 4.70. The van der Waals surface area contributed by atoms with Crippen LogP contribution in [0.15, 0.2) is 18.2 Å². The number of benzene rings is 1. The van der Waals surface area contributed by atoms with Crippen LogP contribution in [-0.4, -0.2) is 53.7 Å². The van der Waals surface area contributed by atoms with Gasteiger partial charge in [-0.3, -0.25) is 14.4 Å². The average molecular weight is 333 g/mol. The molecule has 1 aromatic rings. The van der Waals surface area contributed by atoms with Crippen molar-refractivity contribution in [2.24, 2.45) is 5.92 Å². The number of hydrogen-bond donors (Lipinski definition) is 1. The molecule has 1 unspecified atom stereocenters. The van der Waals surface area contributed by atoms with E-state index in [1.807, 2.05) is 0 Å². The Morgan fingerprint density at radius 3 is 2.62 bits per heavy atom. The molecular formula is C17H20FN3O3. The van der Waals surface area contributed by atoms with Crippen LogP contribution in [0.2, 0.25) is 0 Å². The number of halogens is 1. The van der Waals surface area contributed by atoms with E-state index in [0.29, 0.717) is 37.3 Å². The van der Waals surface area contributed by atoms with Crippen molar-refractivity contribution in [3.8, 4) is 0 Å². The zero-order valence-electron chi connectivity index (χ0n) is 13.7. The highest BCUT2D eigenvalue weighted by Gasteiger charge is 2.42. The molecule has 0 saturated carbocycles. The minimum Gasteiger partial charge on any atom is -0.352 e. The number of nitrogens with one attached hydrogen (secondary N) is 1. The minimum absolute atomic E-state index is 0.0543. The van der Waals surface area contributed by atoms with Crippen LogP contribution in [0.25, 0.3) is 0 Å². The number of aryl methyl sites for hydroxylation is 1. The van der Waals surface area contributed by atoms with E-state index in [9.17, 15) is 18.8 Å². The third-order valence-corrected chi connectivity index (χ3v) is 4.70. The predicted octanol–water partition coefficient (Wildman–Crippen LogP) is 0.612. The lowest BCUT2D eigenvalue weighted by atomic mass is 9.93. The normalized spacial score (nSPS) is 21.3. The predicted molar refractivity (Wildman–Crippen MR) is 84.3 cm³/mol. The topological polar surface area (TPSA) is 69.7 Å². The molecule has 128 valence electrons. The highest BCUT2D eigenvalue weighted by molar-refractivity contribution is 5.92. The van der Waals surface area contributed by atoms with Crippen molar-refractivity contribution in [3.63, 3.8) is 0 Å². The third kappa shape index (κ3) is 2.86. The highest BCUT2D eigenvalue weighted by atomic mass is 19.1. The molecule has 0 aliphatic carbocycles.